The summed E-state index contributed by atoms with van der Waals surface area (Å²) in [5.74, 6) is 0.879. The molecule has 1 aliphatic heterocycles. The summed E-state index contributed by atoms with van der Waals surface area (Å²) >= 11 is 0. The molecule has 0 radical (unpaired) electrons. The van der Waals surface area contributed by atoms with Crippen molar-refractivity contribution >= 4 is 11.7 Å². The van der Waals surface area contributed by atoms with E-state index in [1.54, 1.807) is 4.90 Å². The van der Waals surface area contributed by atoms with Gasteiger partial charge in [-0.2, -0.15) is 0 Å². The van der Waals surface area contributed by atoms with Gasteiger partial charge in [0, 0.05) is 38.3 Å². The first-order chi connectivity index (χ1) is 10.7. The zero-order chi connectivity index (χ0) is 15.4. The number of carbonyl (C=O) groups excluding carboxylic acids is 1. The van der Waals surface area contributed by atoms with Crippen LogP contribution in [-0.2, 0) is 0 Å². The lowest BCUT2D eigenvalue weighted by atomic mass is 10.1. The van der Waals surface area contributed by atoms with Crippen molar-refractivity contribution in [2.24, 2.45) is 0 Å². The van der Waals surface area contributed by atoms with E-state index in [2.05, 4.69) is 9.97 Å². The first kappa shape index (κ1) is 14.3. The highest BCUT2D eigenvalue weighted by Crippen LogP contribution is 2.20. The first-order valence-electron chi connectivity index (χ1n) is 7.31. The van der Waals surface area contributed by atoms with Gasteiger partial charge in [0.1, 0.15) is 11.9 Å². The van der Waals surface area contributed by atoms with Crippen molar-refractivity contribution in [2.75, 3.05) is 18.8 Å². The van der Waals surface area contributed by atoms with E-state index >= 15 is 0 Å². The summed E-state index contributed by atoms with van der Waals surface area (Å²) in [4.78, 5) is 22.1. The Morgan fingerprint density at radius 1 is 1.14 bits per heavy atom. The molecule has 1 fully saturated rings. The van der Waals surface area contributed by atoms with E-state index in [4.69, 9.17) is 10.5 Å². The molecule has 1 aliphatic rings. The fourth-order valence-electron chi connectivity index (χ4n) is 2.53. The molecular formula is C16H18N4O2. The normalized spacial score (nSPS) is 15.5. The molecule has 2 heterocycles. The minimum atomic E-state index is -0.163. The predicted molar refractivity (Wildman–Crippen MR) is 82.4 cm³/mol. The standard InChI is InChI=1S/C16H18N4O2/c17-15-14(18-8-9-19-15)16(21)20-10-6-13(7-11-20)22-12-4-2-1-3-5-12/h1-5,8-9,13H,6-7,10-11H2,(H2,17,19). The Balaban J connectivity index is 1.58. The van der Waals surface area contributed by atoms with Gasteiger partial charge in [-0.15, -0.1) is 0 Å². The number of ether oxygens (including phenoxy) is 1. The number of carbonyl (C=O) groups is 1. The number of hydrogen-bond donors (Lipinski definition) is 1. The van der Waals surface area contributed by atoms with Crippen molar-refractivity contribution in [3.63, 3.8) is 0 Å². The number of nitrogen functional groups attached to an aromatic ring is 1. The molecule has 0 bridgehead atoms. The molecule has 3 rings (SSSR count). The molecule has 0 saturated carbocycles. The molecule has 1 aromatic carbocycles. The maximum Gasteiger partial charge on any atom is 0.276 e. The lowest BCUT2D eigenvalue weighted by Gasteiger charge is -2.32. The van der Waals surface area contributed by atoms with Gasteiger partial charge in [-0.1, -0.05) is 18.2 Å². The van der Waals surface area contributed by atoms with E-state index in [-0.39, 0.29) is 23.5 Å². The van der Waals surface area contributed by atoms with Crippen LogP contribution in [0.5, 0.6) is 5.75 Å². The highest BCUT2D eigenvalue weighted by Gasteiger charge is 2.26. The van der Waals surface area contributed by atoms with Crippen LogP contribution in [0.4, 0.5) is 5.82 Å². The van der Waals surface area contributed by atoms with Crippen molar-refractivity contribution in [3.05, 3.63) is 48.4 Å². The molecule has 0 spiro atoms. The van der Waals surface area contributed by atoms with Gasteiger partial charge in [-0.3, -0.25) is 4.79 Å². The van der Waals surface area contributed by atoms with Crippen LogP contribution in [0.1, 0.15) is 23.3 Å². The van der Waals surface area contributed by atoms with Gasteiger partial charge in [0.05, 0.1) is 0 Å². The number of likely N-dealkylation sites (tertiary alicyclic amines) is 1. The number of benzene rings is 1. The third kappa shape index (κ3) is 3.16. The Morgan fingerprint density at radius 2 is 1.82 bits per heavy atom. The molecule has 1 aromatic heterocycles. The highest BCUT2D eigenvalue weighted by molar-refractivity contribution is 5.96. The van der Waals surface area contributed by atoms with E-state index < -0.39 is 0 Å². The van der Waals surface area contributed by atoms with Crippen LogP contribution in [0.3, 0.4) is 0 Å². The van der Waals surface area contributed by atoms with Crippen LogP contribution in [0, 0.1) is 0 Å². The van der Waals surface area contributed by atoms with Crippen LogP contribution in [0.15, 0.2) is 42.7 Å². The topological polar surface area (TPSA) is 81.3 Å². The molecule has 1 amide bonds. The summed E-state index contributed by atoms with van der Waals surface area (Å²) in [6.07, 6.45) is 4.67. The monoisotopic (exact) mass is 298 g/mol. The maximum absolute atomic E-state index is 12.4. The van der Waals surface area contributed by atoms with Gasteiger partial charge in [0.25, 0.3) is 5.91 Å². The van der Waals surface area contributed by atoms with Gasteiger partial charge < -0.3 is 15.4 Å². The van der Waals surface area contributed by atoms with Gasteiger partial charge in [-0.05, 0) is 12.1 Å². The largest absolute Gasteiger partial charge is 0.490 e. The molecule has 22 heavy (non-hydrogen) atoms. The summed E-state index contributed by atoms with van der Waals surface area (Å²) in [7, 11) is 0. The third-order valence-electron chi connectivity index (χ3n) is 3.70. The number of anilines is 1. The second-order valence-electron chi connectivity index (χ2n) is 5.21. The summed E-state index contributed by atoms with van der Waals surface area (Å²) in [6.45, 7) is 1.26. The Hall–Kier alpha value is -2.63. The van der Waals surface area contributed by atoms with Crippen LogP contribution in [0.2, 0.25) is 0 Å². The fraction of sp³-hybridized carbons (Fsp3) is 0.312. The first-order valence-corrected chi connectivity index (χ1v) is 7.31. The van der Waals surface area contributed by atoms with Gasteiger partial charge in [-0.25, -0.2) is 9.97 Å². The van der Waals surface area contributed by atoms with Crippen molar-refractivity contribution < 1.29 is 9.53 Å². The molecule has 2 N–H and O–H groups in total. The number of nitrogens with two attached hydrogens (primary N) is 1. The SMILES string of the molecule is Nc1nccnc1C(=O)N1CCC(Oc2ccccc2)CC1. The quantitative estimate of drug-likeness (QED) is 0.933. The fourth-order valence-corrected chi connectivity index (χ4v) is 2.53. The van der Waals surface area contributed by atoms with E-state index in [0.717, 1.165) is 18.6 Å². The molecule has 0 atom stereocenters. The van der Waals surface area contributed by atoms with Crippen LogP contribution in [-0.4, -0.2) is 40.0 Å². The zero-order valence-corrected chi connectivity index (χ0v) is 12.2. The van der Waals surface area contributed by atoms with Crippen molar-refractivity contribution in [1.82, 2.24) is 14.9 Å². The minimum Gasteiger partial charge on any atom is -0.490 e. The van der Waals surface area contributed by atoms with Gasteiger partial charge >= 0.3 is 0 Å². The lowest BCUT2D eigenvalue weighted by Crippen LogP contribution is -2.42. The molecule has 1 saturated heterocycles. The van der Waals surface area contributed by atoms with Gasteiger partial charge in [0.2, 0.25) is 0 Å². The Kier molecular flexibility index (Phi) is 4.18. The number of para-hydroxylation sites is 1. The Labute approximate surface area is 128 Å². The number of amides is 1. The molecular weight excluding hydrogens is 280 g/mol. The number of rotatable bonds is 3. The summed E-state index contributed by atoms with van der Waals surface area (Å²) in [5.41, 5.74) is 5.94. The Morgan fingerprint density at radius 3 is 2.50 bits per heavy atom. The summed E-state index contributed by atoms with van der Waals surface area (Å²) in [5, 5.41) is 0. The summed E-state index contributed by atoms with van der Waals surface area (Å²) < 4.78 is 5.92. The minimum absolute atomic E-state index is 0.130. The molecule has 6 heteroatoms. The smallest absolute Gasteiger partial charge is 0.276 e. The van der Waals surface area contributed by atoms with Crippen molar-refractivity contribution in [1.29, 1.82) is 0 Å². The number of aromatic nitrogens is 2. The van der Waals surface area contributed by atoms with Crippen LogP contribution >= 0.6 is 0 Å². The van der Waals surface area contributed by atoms with E-state index in [9.17, 15) is 4.79 Å². The molecule has 0 unspecified atom stereocenters. The van der Waals surface area contributed by atoms with Crippen LogP contribution in [0.25, 0.3) is 0 Å². The average Bonchev–Trinajstić information content (AvgIpc) is 2.56. The number of nitrogens with zero attached hydrogens (tertiary/aromatic N) is 3. The predicted octanol–water partition coefficient (Wildman–Crippen LogP) is 1.74. The average molecular weight is 298 g/mol. The second kappa shape index (κ2) is 6.43. The lowest BCUT2D eigenvalue weighted by molar-refractivity contribution is 0.0591. The number of hydrogen-bond acceptors (Lipinski definition) is 5. The van der Waals surface area contributed by atoms with Crippen molar-refractivity contribution in [2.45, 2.75) is 18.9 Å². The highest BCUT2D eigenvalue weighted by atomic mass is 16.5. The van der Waals surface area contributed by atoms with Gasteiger partial charge in [0.15, 0.2) is 11.5 Å². The van der Waals surface area contributed by atoms with E-state index in [1.807, 2.05) is 30.3 Å². The molecule has 114 valence electrons. The van der Waals surface area contributed by atoms with Crippen LogP contribution < -0.4 is 10.5 Å². The molecule has 2 aromatic rings. The maximum atomic E-state index is 12.4. The van der Waals surface area contributed by atoms with Crippen molar-refractivity contribution in [3.8, 4) is 5.75 Å². The molecule has 6 nitrogen and oxygen atoms in total. The Bertz CT molecular complexity index is 640. The molecule has 0 aliphatic carbocycles. The second-order valence-corrected chi connectivity index (χ2v) is 5.21. The third-order valence-corrected chi connectivity index (χ3v) is 3.70. The van der Waals surface area contributed by atoms with E-state index in [1.165, 1.54) is 12.4 Å². The van der Waals surface area contributed by atoms with E-state index in [0.29, 0.717) is 13.1 Å². The number of piperidine rings is 1. The summed E-state index contributed by atoms with van der Waals surface area (Å²) in [6, 6.07) is 9.74. The zero-order valence-electron chi connectivity index (χ0n) is 12.2.